The summed E-state index contributed by atoms with van der Waals surface area (Å²) in [5.74, 6) is -1.01. The van der Waals surface area contributed by atoms with Gasteiger partial charge in [0, 0.05) is 11.3 Å². The highest BCUT2D eigenvalue weighted by Crippen LogP contribution is 2.30. The SMILES string of the molecule is O=C(Nc1ccccc1OCC(F)(F)F)c1nn(-c2ccc(F)cc2)c2c1CCC2. The van der Waals surface area contributed by atoms with E-state index in [9.17, 15) is 22.4 Å². The molecule has 0 radical (unpaired) electrons. The predicted molar refractivity (Wildman–Crippen MR) is 101 cm³/mol. The summed E-state index contributed by atoms with van der Waals surface area (Å²) in [7, 11) is 0. The van der Waals surface area contributed by atoms with Crippen molar-refractivity contribution in [2.75, 3.05) is 11.9 Å². The number of amides is 1. The van der Waals surface area contributed by atoms with Crippen LogP contribution in [0.5, 0.6) is 5.75 Å². The maximum absolute atomic E-state index is 13.3. The number of benzene rings is 2. The maximum Gasteiger partial charge on any atom is 0.422 e. The molecule has 1 heterocycles. The number of nitrogens with zero attached hydrogens (tertiary/aromatic N) is 2. The van der Waals surface area contributed by atoms with Crippen molar-refractivity contribution in [1.29, 1.82) is 0 Å². The van der Waals surface area contributed by atoms with Crippen LogP contribution in [0.3, 0.4) is 0 Å². The summed E-state index contributed by atoms with van der Waals surface area (Å²) >= 11 is 0. The Labute approximate surface area is 169 Å². The molecule has 0 bridgehead atoms. The molecule has 0 atom stereocenters. The number of aromatic nitrogens is 2. The molecule has 156 valence electrons. The van der Waals surface area contributed by atoms with E-state index in [0.29, 0.717) is 12.1 Å². The van der Waals surface area contributed by atoms with Gasteiger partial charge in [0.15, 0.2) is 12.3 Å². The number of nitrogens with one attached hydrogen (secondary N) is 1. The highest BCUT2D eigenvalue weighted by atomic mass is 19.4. The minimum Gasteiger partial charge on any atom is -0.482 e. The minimum absolute atomic E-state index is 0.0854. The molecule has 0 saturated carbocycles. The number of halogens is 4. The third-order valence-corrected chi connectivity index (χ3v) is 4.74. The maximum atomic E-state index is 13.3. The lowest BCUT2D eigenvalue weighted by atomic mass is 10.2. The third-order valence-electron chi connectivity index (χ3n) is 4.74. The molecule has 0 fully saturated rings. The van der Waals surface area contributed by atoms with Crippen molar-refractivity contribution < 1.29 is 27.1 Å². The molecule has 1 amide bonds. The Morgan fingerprint density at radius 3 is 2.57 bits per heavy atom. The molecule has 1 aliphatic rings. The second-order valence-electron chi connectivity index (χ2n) is 6.87. The van der Waals surface area contributed by atoms with Crippen LogP contribution in [0.1, 0.15) is 28.2 Å². The summed E-state index contributed by atoms with van der Waals surface area (Å²) in [6.45, 7) is -1.46. The fraction of sp³-hybridized carbons (Fsp3) is 0.238. The predicted octanol–water partition coefficient (Wildman–Crippen LogP) is 4.69. The molecule has 9 heteroatoms. The van der Waals surface area contributed by atoms with Crippen molar-refractivity contribution in [3.63, 3.8) is 0 Å². The fourth-order valence-electron chi connectivity index (χ4n) is 3.45. The van der Waals surface area contributed by atoms with Gasteiger partial charge in [-0.3, -0.25) is 4.79 Å². The number of anilines is 1. The number of hydrogen-bond donors (Lipinski definition) is 1. The van der Waals surface area contributed by atoms with Crippen molar-refractivity contribution in [1.82, 2.24) is 9.78 Å². The van der Waals surface area contributed by atoms with Crippen LogP contribution >= 0.6 is 0 Å². The van der Waals surface area contributed by atoms with Crippen LogP contribution in [0.4, 0.5) is 23.2 Å². The monoisotopic (exact) mass is 419 g/mol. The second-order valence-corrected chi connectivity index (χ2v) is 6.87. The van der Waals surface area contributed by atoms with E-state index < -0.39 is 18.7 Å². The number of hydrogen-bond acceptors (Lipinski definition) is 3. The first-order valence-corrected chi connectivity index (χ1v) is 9.28. The zero-order valence-corrected chi connectivity index (χ0v) is 15.7. The first-order valence-electron chi connectivity index (χ1n) is 9.28. The van der Waals surface area contributed by atoms with Crippen LogP contribution in [0, 0.1) is 5.82 Å². The van der Waals surface area contributed by atoms with Crippen LogP contribution in [-0.2, 0) is 12.8 Å². The molecule has 0 spiro atoms. The zero-order chi connectivity index (χ0) is 21.3. The summed E-state index contributed by atoms with van der Waals surface area (Å²) in [6, 6.07) is 11.7. The molecule has 1 N–H and O–H groups in total. The lowest BCUT2D eigenvalue weighted by Gasteiger charge is -2.13. The van der Waals surface area contributed by atoms with Crippen molar-refractivity contribution in [3.05, 3.63) is 71.3 Å². The average Bonchev–Trinajstić information content (AvgIpc) is 3.30. The Bertz CT molecular complexity index is 1070. The fourth-order valence-corrected chi connectivity index (χ4v) is 3.45. The molecule has 1 aliphatic carbocycles. The van der Waals surface area contributed by atoms with Crippen LogP contribution in [0.2, 0.25) is 0 Å². The van der Waals surface area contributed by atoms with Gasteiger partial charge >= 0.3 is 6.18 Å². The molecule has 3 aromatic rings. The van der Waals surface area contributed by atoms with Crippen molar-refractivity contribution in [2.45, 2.75) is 25.4 Å². The molecule has 0 aliphatic heterocycles. The Morgan fingerprint density at radius 2 is 1.83 bits per heavy atom. The first kappa shape index (κ1) is 19.9. The smallest absolute Gasteiger partial charge is 0.422 e. The van der Waals surface area contributed by atoms with Gasteiger partial charge in [-0.25, -0.2) is 9.07 Å². The molecule has 2 aromatic carbocycles. The molecule has 5 nitrogen and oxygen atoms in total. The number of carbonyl (C=O) groups excluding carboxylic acids is 1. The van der Waals surface area contributed by atoms with Gasteiger partial charge in [-0.1, -0.05) is 12.1 Å². The molecule has 0 saturated heterocycles. The number of ether oxygens (including phenoxy) is 1. The molecular formula is C21H17F4N3O2. The quantitative estimate of drug-likeness (QED) is 0.611. The van der Waals surface area contributed by atoms with E-state index in [-0.39, 0.29) is 22.9 Å². The summed E-state index contributed by atoms with van der Waals surface area (Å²) in [6.07, 6.45) is -2.27. The van der Waals surface area contributed by atoms with Gasteiger partial charge < -0.3 is 10.1 Å². The Hall–Kier alpha value is -3.36. The van der Waals surface area contributed by atoms with Gasteiger partial charge in [0.25, 0.3) is 5.91 Å². The summed E-state index contributed by atoms with van der Waals surface area (Å²) < 4.78 is 57.2. The molecule has 0 unspecified atom stereocenters. The van der Waals surface area contributed by atoms with E-state index in [0.717, 1.165) is 24.1 Å². The Morgan fingerprint density at radius 1 is 1.10 bits per heavy atom. The zero-order valence-electron chi connectivity index (χ0n) is 15.7. The highest BCUT2D eigenvalue weighted by molar-refractivity contribution is 6.05. The summed E-state index contributed by atoms with van der Waals surface area (Å²) in [5.41, 5.74) is 2.59. The number of para-hydroxylation sites is 2. The van der Waals surface area contributed by atoms with E-state index in [1.54, 1.807) is 22.9 Å². The molecule has 4 rings (SSSR count). The van der Waals surface area contributed by atoms with Gasteiger partial charge in [-0.05, 0) is 55.7 Å². The van der Waals surface area contributed by atoms with E-state index in [1.165, 1.54) is 30.3 Å². The van der Waals surface area contributed by atoms with Crippen LogP contribution in [-0.4, -0.2) is 28.5 Å². The molecule has 30 heavy (non-hydrogen) atoms. The van der Waals surface area contributed by atoms with Gasteiger partial charge in [-0.2, -0.15) is 18.3 Å². The van der Waals surface area contributed by atoms with Gasteiger partial charge in [0.05, 0.1) is 11.4 Å². The topological polar surface area (TPSA) is 56.1 Å². The standard InChI is InChI=1S/C21H17F4N3O2/c22-13-8-10-14(11-9-13)28-17-6-3-4-15(17)19(27-28)20(29)26-16-5-1-2-7-18(16)30-12-21(23,24)25/h1-2,5,7-11H,3-4,6,12H2,(H,26,29). The van der Waals surface area contributed by atoms with E-state index in [4.69, 9.17) is 4.74 Å². The molecule has 1 aromatic heterocycles. The van der Waals surface area contributed by atoms with Crippen LogP contribution < -0.4 is 10.1 Å². The van der Waals surface area contributed by atoms with Crippen molar-refractivity contribution in [2.24, 2.45) is 0 Å². The lowest BCUT2D eigenvalue weighted by molar-refractivity contribution is -0.153. The van der Waals surface area contributed by atoms with Crippen LogP contribution in [0.15, 0.2) is 48.5 Å². The number of rotatable bonds is 5. The van der Waals surface area contributed by atoms with Crippen molar-refractivity contribution in [3.8, 4) is 11.4 Å². The number of carbonyl (C=O) groups is 1. The minimum atomic E-state index is -4.49. The lowest BCUT2D eigenvalue weighted by Crippen LogP contribution is -2.20. The summed E-state index contributed by atoms with van der Waals surface area (Å²) in [4.78, 5) is 12.9. The van der Waals surface area contributed by atoms with Gasteiger partial charge in [0.1, 0.15) is 11.6 Å². The Balaban J connectivity index is 1.61. The normalized spacial score (nSPS) is 13.2. The van der Waals surface area contributed by atoms with Crippen LogP contribution in [0.25, 0.3) is 5.69 Å². The summed E-state index contributed by atoms with van der Waals surface area (Å²) in [5, 5.41) is 7.00. The number of fused-ring (bicyclic) bond motifs is 1. The van der Waals surface area contributed by atoms with Gasteiger partial charge in [-0.15, -0.1) is 0 Å². The number of alkyl halides is 3. The molecular weight excluding hydrogens is 402 g/mol. The largest absolute Gasteiger partial charge is 0.482 e. The van der Waals surface area contributed by atoms with Gasteiger partial charge in [0.2, 0.25) is 0 Å². The average molecular weight is 419 g/mol. The van der Waals surface area contributed by atoms with E-state index in [1.807, 2.05) is 0 Å². The Kier molecular flexibility index (Phi) is 5.19. The first-order chi connectivity index (χ1) is 14.3. The highest BCUT2D eigenvalue weighted by Gasteiger charge is 2.30. The van der Waals surface area contributed by atoms with E-state index in [2.05, 4.69) is 10.4 Å². The third kappa shape index (κ3) is 4.14. The van der Waals surface area contributed by atoms with E-state index >= 15 is 0 Å². The van der Waals surface area contributed by atoms with Crippen molar-refractivity contribution >= 4 is 11.6 Å². The second kappa shape index (κ2) is 7.81.